The molecule has 20 heavy (non-hydrogen) atoms. The van der Waals surface area contributed by atoms with Gasteiger partial charge >= 0.3 is 5.97 Å². The Bertz CT molecular complexity index is 617. The van der Waals surface area contributed by atoms with Crippen molar-refractivity contribution < 1.29 is 14.7 Å². The topological polar surface area (TPSA) is 84.2 Å². The van der Waals surface area contributed by atoms with E-state index in [9.17, 15) is 9.59 Å². The second-order valence-electron chi connectivity index (χ2n) is 3.96. The van der Waals surface area contributed by atoms with Crippen LogP contribution in [0.15, 0.2) is 36.7 Å². The van der Waals surface area contributed by atoms with Crippen LogP contribution >= 0.6 is 11.3 Å². The van der Waals surface area contributed by atoms with Crippen LogP contribution in [0.3, 0.4) is 0 Å². The number of carboxylic acid groups (broad SMARTS) is 1. The van der Waals surface area contributed by atoms with Gasteiger partial charge in [0.25, 0.3) is 0 Å². The predicted octanol–water partition coefficient (Wildman–Crippen LogP) is 1.36. The number of aromatic nitrogens is 2. The molecule has 2 rings (SSSR count). The van der Waals surface area contributed by atoms with Gasteiger partial charge in [0.2, 0.25) is 5.91 Å². The Hall–Kier alpha value is -2.41. The molecule has 0 unspecified atom stereocenters. The molecular formula is C13H13N3O3S. The molecule has 0 spiro atoms. The number of thiophene rings is 1. The van der Waals surface area contributed by atoms with Gasteiger partial charge in [-0.2, -0.15) is 5.10 Å². The van der Waals surface area contributed by atoms with E-state index in [1.165, 1.54) is 17.4 Å². The van der Waals surface area contributed by atoms with E-state index in [0.29, 0.717) is 6.54 Å². The average molecular weight is 291 g/mol. The van der Waals surface area contributed by atoms with Crippen molar-refractivity contribution in [2.45, 2.75) is 13.1 Å². The van der Waals surface area contributed by atoms with E-state index in [-0.39, 0.29) is 12.5 Å². The second-order valence-corrected chi connectivity index (χ2v) is 5.16. The van der Waals surface area contributed by atoms with Crippen LogP contribution in [0.25, 0.3) is 6.08 Å². The fourth-order valence-electron chi connectivity index (χ4n) is 1.52. The molecule has 0 aliphatic heterocycles. The number of nitrogens with zero attached hydrogens (tertiary/aromatic N) is 2. The highest BCUT2D eigenvalue weighted by molar-refractivity contribution is 7.12. The number of carbonyl (C=O) groups excluding carboxylic acids is 1. The van der Waals surface area contributed by atoms with Crippen molar-refractivity contribution >= 4 is 29.3 Å². The molecule has 0 aliphatic rings. The van der Waals surface area contributed by atoms with Crippen molar-refractivity contribution in [2.24, 2.45) is 0 Å². The molecule has 0 radical (unpaired) electrons. The van der Waals surface area contributed by atoms with Crippen LogP contribution in [0, 0.1) is 0 Å². The number of rotatable bonds is 6. The van der Waals surface area contributed by atoms with Crippen LogP contribution in [-0.2, 0) is 22.7 Å². The maximum atomic E-state index is 11.6. The summed E-state index contributed by atoms with van der Waals surface area (Å²) in [6.45, 7) is 0.607. The normalized spacial score (nSPS) is 10.8. The quantitative estimate of drug-likeness (QED) is 0.787. The summed E-state index contributed by atoms with van der Waals surface area (Å²) in [5.41, 5.74) is 0. The van der Waals surface area contributed by atoms with Gasteiger partial charge in [-0.1, -0.05) is 0 Å². The highest BCUT2D eigenvalue weighted by Gasteiger charge is 2.04. The molecule has 2 aromatic heterocycles. The van der Waals surface area contributed by atoms with Crippen molar-refractivity contribution in [3.05, 3.63) is 46.4 Å². The number of nitrogens with one attached hydrogen (secondary N) is 1. The lowest BCUT2D eigenvalue weighted by Crippen LogP contribution is -2.26. The number of aliphatic carboxylic acids is 1. The van der Waals surface area contributed by atoms with Crippen LogP contribution in [-0.4, -0.2) is 26.8 Å². The van der Waals surface area contributed by atoms with Gasteiger partial charge < -0.3 is 10.4 Å². The molecule has 0 aliphatic carbocycles. The zero-order valence-electron chi connectivity index (χ0n) is 10.5. The molecular weight excluding hydrogens is 278 g/mol. The fourth-order valence-corrected chi connectivity index (χ4v) is 2.37. The Labute approximate surface area is 119 Å². The van der Waals surface area contributed by atoms with Crippen molar-refractivity contribution in [1.29, 1.82) is 0 Å². The van der Waals surface area contributed by atoms with Gasteiger partial charge in [-0.15, -0.1) is 11.3 Å². The summed E-state index contributed by atoms with van der Waals surface area (Å²) < 4.78 is 1.55. The number of hydrogen-bond donors (Lipinski definition) is 2. The Morgan fingerprint density at radius 1 is 1.45 bits per heavy atom. The van der Waals surface area contributed by atoms with Gasteiger partial charge in [0.05, 0.1) is 6.54 Å². The highest BCUT2D eigenvalue weighted by Crippen LogP contribution is 2.17. The highest BCUT2D eigenvalue weighted by atomic mass is 32.1. The Morgan fingerprint density at radius 2 is 2.30 bits per heavy atom. The summed E-state index contributed by atoms with van der Waals surface area (Å²) in [6.07, 6.45) is 5.96. The SMILES string of the molecule is O=C(O)C=Cc1ccc(CNC(=O)Cn2cccn2)s1. The van der Waals surface area contributed by atoms with Crippen LogP contribution < -0.4 is 5.32 Å². The third kappa shape index (κ3) is 4.36. The van der Waals surface area contributed by atoms with E-state index in [1.807, 2.05) is 12.1 Å². The van der Waals surface area contributed by atoms with Crippen molar-refractivity contribution in [2.75, 3.05) is 0 Å². The summed E-state index contributed by atoms with van der Waals surface area (Å²) in [4.78, 5) is 23.8. The first-order chi connectivity index (χ1) is 9.63. The first-order valence-corrected chi connectivity index (χ1v) is 6.69. The van der Waals surface area contributed by atoms with E-state index in [0.717, 1.165) is 15.8 Å². The van der Waals surface area contributed by atoms with Crippen LogP contribution in [0.2, 0.25) is 0 Å². The lowest BCUT2D eigenvalue weighted by atomic mass is 10.4. The minimum atomic E-state index is -0.979. The molecule has 1 amide bonds. The Morgan fingerprint density at radius 3 is 3.00 bits per heavy atom. The van der Waals surface area contributed by atoms with Crippen molar-refractivity contribution in [1.82, 2.24) is 15.1 Å². The van der Waals surface area contributed by atoms with Gasteiger partial charge in [0, 0.05) is 28.2 Å². The maximum Gasteiger partial charge on any atom is 0.328 e. The molecule has 6 nitrogen and oxygen atoms in total. The summed E-state index contributed by atoms with van der Waals surface area (Å²) >= 11 is 1.44. The van der Waals surface area contributed by atoms with E-state index in [2.05, 4.69) is 10.4 Å². The Kier molecular flexibility index (Phi) is 4.67. The van der Waals surface area contributed by atoms with Gasteiger partial charge in [-0.25, -0.2) is 4.79 Å². The van der Waals surface area contributed by atoms with E-state index < -0.39 is 5.97 Å². The molecule has 2 aromatic rings. The summed E-state index contributed by atoms with van der Waals surface area (Å²) in [6, 6.07) is 5.44. The van der Waals surface area contributed by atoms with E-state index in [1.54, 1.807) is 23.1 Å². The fraction of sp³-hybridized carbons (Fsp3) is 0.154. The summed E-state index contributed by atoms with van der Waals surface area (Å²) in [5, 5.41) is 15.3. The number of amides is 1. The third-order valence-corrected chi connectivity index (χ3v) is 3.45. The molecule has 0 saturated carbocycles. The first-order valence-electron chi connectivity index (χ1n) is 5.87. The van der Waals surface area contributed by atoms with Crippen molar-refractivity contribution in [3.63, 3.8) is 0 Å². The maximum absolute atomic E-state index is 11.6. The molecule has 7 heteroatoms. The molecule has 0 fully saturated rings. The molecule has 104 valence electrons. The number of carbonyl (C=O) groups is 2. The van der Waals surface area contributed by atoms with Crippen LogP contribution in [0.1, 0.15) is 9.75 Å². The third-order valence-electron chi connectivity index (χ3n) is 2.40. The minimum absolute atomic E-state index is 0.121. The molecule has 0 aromatic carbocycles. The number of carboxylic acids is 1. The monoisotopic (exact) mass is 291 g/mol. The van der Waals surface area contributed by atoms with Crippen LogP contribution in [0.5, 0.6) is 0 Å². The molecule has 0 saturated heterocycles. The van der Waals surface area contributed by atoms with Gasteiger partial charge in [-0.05, 0) is 24.3 Å². The largest absolute Gasteiger partial charge is 0.478 e. The standard InChI is InChI=1S/C13H13N3O3S/c17-12(9-16-7-1-6-15-16)14-8-11-3-2-10(20-11)4-5-13(18)19/h1-7H,8-9H2,(H,14,17)(H,18,19). The zero-order chi connectivity index (χ0) is 14.4. The zero-order valence-corrected chi connectivity index (χ0v) is 11.3. The van der Waals surface area contributed by atoms with Gasteiger partial charge in [-0.3, -0.25) is 9.48 Å². The Balaban J connectivity index is 1.82. The predicted molar refractivity (Wildman–Crippen MR) is 75.1 cm³/mol. The molecule has 0 atom stereocenters. The summed E-state index contributed by atoms with van der Waals surface area (Å²) in [5.74, 6) is -1.10. The second kappa shape index (κ2) is 6.67. The van der Waals surface area contributed by atoms with Crippen LogP contribution in [0.4, 0.5) is 0 Å². The lowest BCUT2D eigenvalue weighted by molar-refractivity contribution is -0.131. The number of hydrogen-bond acceptors (Lipinski definition) is 4. The van der Waals surface area contributed by atoms with Gasteiger partial charge in [0.15, 0.2) is 0 Å². The smallest absolute Gasteiger partial charge is 0.328 e. The average Bonchev–Trinajstić information content (AvgIpc) is 3.05. The molecule has 0 bridgehead atoms. The van der Waals surface area contributed by atoms with E-state index in [4.69, 9.17) is 5.11 Å². The van der Waals surface area contributed by atoms with Gasteiger partial charge in [0.1, 0.15) is 6.54 Å². The molecule has 2 N–H and O–H groups in total. The van der Waals surface area contributed by atoms with Crippen molar-refractivity contribution in [3.8, 4) is 0 Å². The minimum Gasteiger partial charge on any atom is -0.478 e. The summed E-state index contributed by atoms with van der Waals surface area (Å²) in [7, 11) is 0. The molecule has 2 heterocycles. The van der Waals surface area contributed by atoms with E-state index >= 15 is 0 Å². The lowest BCUT2D eigenvalue weighted by Gasteiger charge is -2.03. The first kappa shape index (κ1) is 14.0.